The molecule has 0 amide bonds. The lowest BCUT2D eigenvalue weighted by molar-refractivity contribution is 0.337. The van der Waals surface area contributed by atoms with E-state index < -0.39 is 0 Å². The Morgan fingerprint density at radius 3 is 2.50 bits per heavy atom. The molecule has 1 aromatic carbocycles. The maximum absolute atomic E-state index is 9.24. The summed E-state index contributed by atoms with van der Waals surface area (Å²) in [5, 5.41) is 13.0. The molecular weight excluding hydrogens is 222 g/mol. The fraction of sp³-hybridized carbons (Fsp3) is 0.625. The van der Waals surface area contributed by atoms with E-state index in [0.29, 0.717) is 11.8 Å². The predicted molar refractivity (Wildman–Crippen MR) is 75.9 cm³/mol. The lowest BCUT2D eigenvalue weighted by atomic mass is 9.94. The Hall–Kier alpha value is -1.02. The second kappa shape index (κ2) is 6.79. The number of hydrogen-bond donors (Lipinski definition) is 2. The zero-order valence-corrected chi connectivity index (χ0v) is 11.4. The highest BCUT2D eigenvalue weighted by atomic mass is 16.3. The van der Waals surface area contributed by atoms with Crippen molar-refractivity contribution >= 4 is 0 Å². The zero-order chi connectivity index (χ0) is 12.8. The van der Waals surface area contributed by atoms with Gasteiger partial charge in [0.15, 0.2) is 0 Å². The standard InChI is InChI=1S/C16H25NO/c1-13(17-15-5-3-2-4-6-15)7-8-14-9-11-16(18)12-10-14/h9-13,15,17-18H,2-8H2,1H3. The van der Waals surface area contributed by atoms with Gasteiger partial charge in [-0.05, 0) is 50.3 Å². The summed E-state index contributed by atoms with van der Waals surface area (Å²) in [6.07, 6.45) is 9.15. The summed E-state index contributed by atoms with van der Waals surface area (Å²) in [5.74, 6) is 0.354. The van der Waals surface area contributed by atoms with Crippen molar-refractivity contribution in [2.24, 2.45) is 0 Å². The van der Waals surface area contributed by atoms with Gasteiger partial charge in [0.1, 0.15) is 5.75 Å². The number of benzene rings is 1. The van der Waals surface area contributed by atoms with Crippen LogP contribution < -0.4 is 5.32 Å². The van der Waals surface area contributed by atoms with E-state index in [1.165, 1.54) is 44.1 Å². The van der Waals surface area contributed by atoms with Crippen molar-refractivity contribution in [3.05, 3.63) is 29.8 Å². The molecule has 1 atom stereocenters. The largest absolute Gasteiger partial charge is 0.508 e. The number of phenols is 1. The molecular formula is C16H25NO. The topological polar surface area (TPSA) is 32.3 Å². The third-order valence-electron chi connectivity index (χ3n) is 3.93. The summed E-state index contributed by atoms with van der Waals surface area (Å²) in [6.45, 7) is 2.29. The van der Waals surface area contributed by atoms with Crippen molar-refractivity contribution in [3.63, 3.8) is 0 Å². The fourth-order valence-corrected chi connectivity index (χ4v) is 2.80. The summed E-state index contributed by atoms with van der Waals surface area (Å²) in [6, 6.07) is 8.91. The molecule has 0 bridgehead atoms. The fourth-order valence-electron chi connectivity index (χ4n) is 2.80. The lowest BCUT2D eigenvalue weighted by Crippen LogP contribution is -2.38. The number of phenolic OH excluding ortho intramolecular Hbond substituents is 1. The Morgan fingerprint density at radius 1 is 1.17 bits per heavy atom. The Labute approximate surface area is 110 Å². The van der Waals surface area contributed by atoms with E-state index >= 15 is 0 Å². The molecule has 2 heteroatoms. The van der Waals surface area contributed by atoms with Crippen LogP contribution >= 0.6 is 0 Å². The van der Waals surface area contributed by atoms with Gasteiger partial charge in [0.25, 0.3) is 0 Å². The van der Waals surface area contributed by atoms with Crippen LogP contribution in [0.2, 0.25) is 0 Å². The molecule has 1 saturated carbocycles. The van der Waals surface area contributed by atoms with Crippen molar-refractivity contribution in [2.45, 2.75) is 64.0 Å². The van der Waals surface area contributed by atoms with Gasteiger partial charge in [0.2, 0.25) is 0 Å². The van der Waals surface area contributed by atoms with E-state index in [-0.39, 0.29) is 0 Å². The minimum atomic E-state index is 0.354. The highest BCUT2D eigenvalue weighted by Crippen LogP contribution is 2.18. The first-order valence-electron chi connectivity index (χ1n) is 7.28. The van der Waals surface area contributed by atoms with Crippen LogP contribution in [0.15, 0.2) is 24.3 Å². The number of rotatable bonds is 5. The van der Waals surface area contributed by atoms with Crippen LogP contribution in [0.3, 0.4) is 0 Å². The minimum Gasteiger partial charge on any atom is -0.508 e. The second-order valence-corrected chi connectivity index (χ2v) is 5.61. The molecule has 0 saturated heterocycles. The van der Waals surface area contributed by atoms with Gasteiger partial charge in [-0.2, -0.15) is 0 Å². The van der Waals surface area contributed by atoms with E-state index in [4.69, 9.17) is 0 Å². The third-order valence-corrected chi connectivity index (χ3v) is 3.93. The van der Waals surface area contributed by atoms with E-state index in [2.05, 4.69) is 12.2 Å². The summed E-state index contributed by atoms with van der Waals surface area (Å²) in [7, 11) is 0. The van der Waals surface area contributed by atoms with Gasteiger partial charge in [-0.25, -0.2) is 0 Å². The second-order valence-electron chi connectivity index (χ2n) is 5.61. The monoisotopic (exact) mass is 247 g/mol. The zero-order valence-electron chi connectivity index (χ0n) is 11.4. The Morgan fingerprint density at radius 2 is 1.83 bits per heavy atom. The molecule has 1 fully saturated rings. The predicted octanol–water partition coefficient (Wildman–Crippen LogP) is 3.64. The van der Waals surface area contributed by atoms with Crippen molar-refractivity contribution in [1.29, 1.82) is 0 Å². The molecule has 2 nitrogen and oxygen atoms in total. The van der Waals surface area contributed by atoms with Gasteiger partial charge in [0, 0.05) is 12.1 Å². The molecule has 0 heterocycles. The first kappa shape index (κ1) is 13.4. The molecule has 1 aliphatic carbocycles. The van der Waals surface area contributed by atoms with Gasteiger partial charge in [-0.3, -0.25) is 0 Å². The summed E-state index contributed by atoms with van der Waals surface area (Å²) in [4.78, 5) is 0. The normalized spacial score (nSPS) is 18.7. The van der Waals surface area contributed by atoms with Gasteiger partial charge in [-0.1, -0.05) is 31.4 Å². The molecule has 18 heavy (non-hydrogen) atoms. The van der Waals surface area contributed by atoms with E-state index in [9.17, 15) is 5.11 Å². The maximum atomic E-state index is 9.24. The molecule has 1 unspecified atom stereocenters. The molecule has 100 valence electrons. The van der Waals surface area contributed by atoms with Crippen molar-refractivity contribution in [1.82, 2.24) is 5.32 Å². The third kappa shape index (κ3) is 4.34. The van der Waals surface area contributed by atoms with E-state index in [1.807, 2.05) is 12.1 Å². The molecule has 0 aliphatic heterocycles. The Balaban J connectivity index is 1.70. The lowest BCUT2D eigenvalue weighted by Gasteiger charge is -2.26. The summed E-state index contributed by atoms with van der Waals surface area (Å²) >= 11 is 0. The SMILES string of the molecule is CC(CCc1ccc(O)cc1)NC1CCCCC1. The smallest absolute Gasteiger partial charge is 0.115 e. The molecule has 1 aliphatic rings. The van der Waals surface area contributed by atoms with Crippen molar-refractivity contribution < 1.29 is 5.11 Å². The highest BCUT2D eigenvalue weighted by molar-refractivity contribution is 5.25. The van der Waals surface area contributed by atoms with Gasteiger partial charge in [0.05, 0.1) is 0 Å². The molecule has 0 radical (unpaired) electrons. The summed E-state index contributed by atoms with van der Waals surface area (Å²) in [5.41, 5.74) is 1.31. The van der Waals surface area contributed by atoms with Gasteiger partial charge in [-0.15, -0.1) is 0 Å². The average molecular weight is 247 g/mol. The molecule has 2 rings (SSSR count). The first-order valence-corrected chi connectivity index (χ1v) is 7.28. The number of hydrogen-bond acceptors (Lipinski definition) is 2. The Bertz CT molecular complexity index is 341. The van der Waals surface area contributed by atoms with Gasteiger partial charge >= 0.3 is 0 Å². The Kier molecular flexibility index (Phi) is 5.06. The quantitative estimate of drug-likeness (QED) is 0.832. The van der Waals surface area contributed by atoms with E-state index in [0.717, 1.165) is 12.5 Å². The molecule has 0 aromatic heterocycles. The van der Waals surface area contributed by atoms with Crippen LogP contribution in [0.5, 0.6) is 5.75 Å². The van der Waals surface area contributed by atoms with E-state index in [1.54, 1.807) is 12.1 Å². The van der Waals surface area contributed by atoms with Crippen LogP contribution in [0, 0.1) is 0 Å². The number of nitrogens with one attached hydrogen (secondary N) is 1. The minimum absolute atomic E-state index is 0.354. The highest BCUT2D eigenvalue weighted by Gasteiger charge is 2.15. The van der Waals surface area contributed by atoms with Gasteiger partial charge < -0.3 is 10.4 Å². The van der Waals surface area contributed by atoms with Crippen LogP contribution in [-0.4, -0.2) is 17.2 Å². The number of aryl methyl sites for hydroxylation is 1. The maximum Gasteiger partial charge on any atom is 0.115 e. The molecule has 1 aromatic rings. The molecule has 0 spiro atoms. The van der Waals surface area contributed by atoms with Crippen molar-refractivity contribution in [2.75, 3.05) is 0 Å². The van der Waals surface area contributed by atoms with Crippen molar-refractivity contribution in [3.8, 4) is 5.75 Å². The first-order chi connectivity index (χ1) is 8.74. The number of aromatic hydroxyl groups is 1. The van der Waals surface area contributed by atoms with Crippen LogP contribution in [-0.2, 0) is 6.42 Å². The van der Waals surface area contributed by atoms with Crippen LogP contribution in [0.1, 0.15) is 51.0 Å². The molecule has 2 N–H and O–H groups in total. The van der Waals surface area contributed by atoms with Crippen LogP contribution in [0.25, 0.3) is 0 Å². The van der Waals surface area contributed by atoms with Crippen LogP contribution in [0.4, 0.5) is 0 Å². The summed E-state index contributed by atoms with van der Waals surface area (Å²) < 4.78 is 0. The average Bonchev–Trinajstić information content (AvgIpc) is 2.39.